The Morgan fingerprint density at radius 3 is 1.07 bits per heavy atom. The van der Waals surface area contributed by atoms with Gasteiger partial charge in [-0.1, -0.05) is 334 Å². The predicted molar refractivity (Wildman–Crippen MR) is 351 cm³/mol. The first-order valence-electron chi connectivity index (χ1n) is 36.9. The smallest absolute Gasteiger partial charge is 0.220 e. The van der Waals surface area contributed by atoms with E-state index in [9.17, 15) is 45.6 Å². The van der Waals surface area contributed by atoms with E-state index < -0.39 is 86.8 Å². The molecule has 2 aliphatic heterocycles. The van der Waals surface area contributed by atoms with Gasteiger partial charge in [0.1, 0.15) is 48.8 Å². The Balaban J connectivity index is 1.66. The highest BCUT2D eigenvalue weighted by Gasteiger charge is 2.51. The maximum Gasteiger partial charge on any atom is 0.220 e. The Labute approximate surface area is 526 Å². The first kappa shape index (κ1) is 80.8. The van der Waals surface area contributed by atoms with E-state index in [0.717, 1.165) is 44.9 Å². The lowest BCUT2D eigenvalue weighted by Gasteiger charge is -2.46. The fraction of sp³-hybridized carbons (Fsp3) is 0.958. The zero-order valence-electron chi connectivity index (χ0n) is 55.6. The van der Waals surface area contributed by atoms with Crippen molar-refractivity contribution in [1.29, 1.82) is 0 Å². The molecule has 0 bridgehead atoms. The van der Waals surface area contributed by atoms with Crippen LogP contribution in [0.3, 0.4) is 0 Å². The van der Waals surface area contributed by atoms with Crippen molar-refractivity contribution >= 4 is 5.91 Å². The molecule has 9 N–H and O–H groups in total. The number of amides is 1. The van der Waals surface area contributed by atoms with Crippen LogP contribution in [0.1, 0.15) is 348 Å². The molecule has 0 saturated carbocycles. The van der Waals surface area contributed by atoms with Crippen molar-refractivity contribution in [3.05, 3.63) is 12.2 Å². The van der Waals surface area contributed by atoms with Crippen LogP contribution in [0, 0.1) is 0 Å². The second kappa shape index (κ2) is 57.6. The van der Waals surface area contributed by atoms with Crippen molar-refractivity contribution in [3.63, 3.8) is 0 Å². The van der Waals surface area contributed by atoms with Gasteiger partial charge >= 0.3 is 0 Å². The molecule has 0 aromatic rings. The SMILES string of the molecule is CCCCCCCCCCCCCCCCCCCCCCCCCC/C=C/C(O)C(COC1OC(CO)C(OC2OC(CO)C(O)C(O)C2O)C(O)C1O)NC(=O)CCCCCCCCCCCCCCCCCCCCCCCCCCCC. The number of allylic oxidation sites excluding steroid dienone is 1. The Hall–Kier alpha value is -1.27. The van der Waals surface area contributed by atoms with Crippen LogP contribution in [-0.2, 0) is 23.7 Å². The lowest BCUT2D eigenvalue weighted by Crippen LogP contribution is -2.65. The fourth-order valence-electron chi connectivity index (χ4n) is 12.6. The van der Waals surface area contributed by atoms with Gasteiger partial charge in [-0.25, -0.2) is 0 Å². The van der Waals surface area contributed by atoms with Crippen molar-refractivity contribution < 1.29 is 64.6 Å². The Bertz CT molecular complexity index is 1490. The van der Waals surface area contributed by atoms with E-state index in [-0.39, 0.29) is 18.9 Å². The Morgan fingerprint density at radius 1 is 0.407 bits per heavy atom. The molecule has 0 radical (unpaired) electrons. The van der Waals surface area contributed by atoms with Gasteiger partial charge in [-0.05, 0) is 19.3 Å². The highest BCUT2D eigenvalue weighted by atomic mass is 16.7. The van der Waals surface area contributed by atoms with Crippen molar-refractivity contribution in [2.24, 2.45) is 0 Å². The second-order valence-electron chi connectivity index (χ2n) is 26.4. The molecule has 12 atom stereocenters. The molecule has 12 unspecified atom stereocenters. The topological polar surface area (TPSA) is 228 Å². The number of hydrogen-bond acceptors (Lipinski definition) is 13. The molecular formula is C72H139NO13. The summed E-state index contributed by atoms with van der Waals surface area (Å²) in [6.45, 7) is 2.87. The zero-order valence-corrected chi connectivity index (χ0v) is 55.6. The summed E-state index contributed by atoms with van der Waals surface area (Å²) in [5, 5.41) is 87.5. The number of rotatable bonds is 62. The standard InChI is InChI=1S/C72H139NO13/c1-3-5-7-9-11-13-15-17-19-21-23-25-27-29-31-33-35-37-39-41-43-45-47-49-51-53-55-61(76)60(59-83-71-69(82)67(80)70(63(58-75)85-71)86-72-68(81)66(79)65(78)62(57-74)84-72)73-64(77)56-54-52-50-48-46-44-42-40-38-36-34-32-30-28-26-24-22-20-18-16-14-12-10-8-6-4-2/h53,55,60-63,65-72,74-76,78-82H,3-52,54,56-59H2,1-2H3,(H,73,77)/b55-53+. The summed E-state index contributed by atoms with van der Waals surface area (Å²) in [7, 11) is 0. The molecule has 0 aromatic carbocycles. The van der Waals surface area contributed by atoms with Crippen LogP contribution in [0.25, 0.3) is 0 Å². The third-order valence-electron chi connectivity index (χ3n) is 18.5. The molecule has 0 spiro atoms. The Kier molecular flexibility index (Phi) is 54.1. The monoisotopic (exact) mass is 1230 g/mol. The third-order valence-corrected chi connectivity index (χ3v) is 18.5. The molecule has 0 aliphatic carbocycles. The van der Waals surface area contributed by atoms with Gasteiger partial charge < -0.3 is 65.1 Å². The minimum absolute atomic E-state index is 0.230. The normalized spacial score (nSPS) is 23.4. The number of carbonyl (C=O) groups is 1. The van der Waals surface area contributed by atoms with Gasteiger partial charge in [-0.15, -0.1) is 0 Å². The molecular weight excluding hydrogens is 1090 g/mol. The molecule has 86 heavy (non-hydrogen) atoms. The summed E-state index contributed by atoms with van der Waals surface area (Å²) >= 11 is 0. The minimum atomic E-state index is -1.79. The summed E-state index contributed by atoms with van der Waals surface area (Å²) in [5.74, 6) is -0.230. The lowest BCUT2D eigenvalue weighted by molar-refractivity contribution is -0.359. The molecule has 14 nitrogen and oxygen atoms in total. The van der Waals surface area contributed by atoms with Gasteiger partial charge in [0.25, 0.3) is 0 Å². The van der Waals surface area contributed by atoms with Crippen LogP contribution < -0.4 is 5.32 Å². The Morgan fingerprint density at radius 2 is 0.721 bits per heavy atom. The number of aliphatic hydroxyl groups is 8. The lowest BCUT2D eigenvalue weighted by atomic mass is 9.97. The summed E-state index contributed by atoms with van der Waals surface area (Å²) in [4.78, 5) is 13.3. The van der Waals surface area contributed by atoms with Crippen LogP contribution in [0.2, 0.25) is 0 Å². The summed E-state index contributed by atoms with van der Waals surface area (Å²) in [5.41, 5.74) is 0. The molecule has 2 heterocycles. The van der Waals surface area contributed by atoms with Gasteiger partial charge in [-0.2, -0.15) is 0 Å². The number of unbranched alkanes of at least 4 members (excludes halogenated alkanes) is 49. The number of carbonyl (C=O) groups excluding carboxylic acids is 1. The molecule has 0 aromatic heterocycles. The van der Waals surface area contributed by atoms with Crippen LogP contribution in [0.4, 0.5) is 0 Å². The van der Waals surface area contributed by atoms with Gasteiger partial charge in [0.15, 0.2) is 12.6 Å². The van der Waals surface area contributed by atoms with E-state index in [4.69, 9.17) is 18.9 Å². The first-order chi connectivity index (χ1) is 42.1. The quantitative estimate of drug-likeness (QED) is 0.0204. The van der Waals surface area contributed by atoms with E-state index in [1.807, 2.05) is 6.08 Å². The van der Waals surface area contributed by atoms with Crippen LogP contribution >= 0.6 is 0 Å². The van der Waals surface area contributed by atoms with Crippen molar-refractivity contribution in [3.8, 4) is 0 Å². The minimum Gasteiger partial charge on any atom is -0.394 e. The summed E-state index contributed by atoms with van der Waals surface area (Å²) in [6.07, 6.45) is 54.2. The number of hydrogen-bond donors (Lipinski definition) is 9. The number of nitrogens with one attached hydrogen (secondary N) is 1. The third kappa shape index (κ3) is 41.3. The maximum atomic E-state index is 13.3. The highest BCUT2D eigenvalue weighted by molar-refractivity contribution is 5.76. The molecule has 2 aliphatic rings. The van der Waals surface area contributed by atoms with E-state index in [1.54, 1.807) is 6.08 Å². The van der Waals surface area contributed by atoms with Gasteiger partial charge in [-0.3, -0.25) is 4.79 Å². The number of aliphatic hydroxyl groups excluding tert-OH is 8. The summed E-state index contributed by atoms with van der Waals surface area (Å²) < 4.78 is 22.9. The molecule has 510 valence electrons. The van der Waals surface area contributed by atoms with Crippen molar-refractivity contribution in [2.45, 2.75) is 421 Å². The largest absolute Gasteiger partial charge is 0.394 e. The molecule has 14 heteroatoms. The van der Waals surface area contributed by atoms with E-state index in [0.29, 0.717) is 0 Å². The summed E-state index contributed by atoms with van der Waals surface area (Å²) in [6, 6.07) is -0.911. The van der Waals surface area contributed by atoms with Gasteiger partial charge in [0, 0.05) is 6.42 Å². The fourth-order valence-corrected chi connectivity index (χ4v) is 12.6. The van der Waals surface area contributed by atoms with Crippen molar-refractivity contribution in [2.75, 3.05) is 19.8 Å². The van der Waals surface area contributed by atoms with E-state index in [2.05, 4.69) is 19.2 Å². The molecule has 2 saturated heterocycles. The first-order valence-corrected chi connectivity index (χ1v) is 36.9. The number of ether oxygens (including phenoxy) is 4. The van der Waals surface area contributed by atoms with E-state index in [1.165, 1.54) is 283 Å². The maximum absolute atomic E-state index is 13.3. The van der Waals surface area contributed by atoms with Crippen LogP contribution in [-0.4, -0.2) is 140 Å². The molecule has 1 amide bonds. The van der Waals surface area contributed by atoms with Gasteiger partial charge in [0.2, 0.25) is 5.91 Å². The van der Waals surface area contributed by atoms with Crippen LogP contribution in [0.15, 0.2) is 12.2 Å². The molecule has 2 fully saturated rings. The second-order valence-corrected chi connectivity index (χ2v) is 26.4. The average Bonchev–Trinajstić information content (AvgIpc) is 2.54. The molecule has 2 rings (SSSR count). The van der Waals surface area contributed by atoms with E-state index >= 15 is 0 Å². The predicted octanol–water partition coefficient (Wildman–Crippen LogP) is 15.4. The van der Waals surface area contributed by atoms with Gasteiger partial charge in [0.05, 0.1) is 32.0 Å². The van der Waals surface area contributed by atoms with Crippen LogP contribution in [0.5, 0.6) is 0 Å². The average molecular weight is 1230 g/mol. The highest BCUT2D eigenvalue weighted by Crippen LogP contribution is 2.30. The zero-order chi connectivity index (χ0) is 62.3. The van der Waals surface area contributed by atoms with Crippen molar-refractivity contribution in [1.82, 2.24) is 5.32 Å².